The van der Waals surface area contributed by atoms with Gasteiger partial charge in [0.15, 0.2) is 0 Å². The van der Waals surface area contributed by atoms with Gasteiger partial charge in [0, 0.05) is 0 Å². The molecule has 0 spiro atoms. The summed E-state index contributed by atoms with van der Waals surface area (Å²) in [6.45, 7) is 15.7. The van der Waals surface area contributed by atoms with E-state index in [9.17, 15) is 0 Å². The molecule has 0 atom stereocenters. The molecule has 0 aliphatic carbocycles. The zero-order valence-corrected chi connectivity index (χ0v) is 12.6. The van der Waals surface area contributed by atoms with Crippen LogP contribution in [-0.2, 0) is 16.8 Å². The van der Waals surface area contributed by atoms with Gasteiger partial charge in [-0.05, 0) is 19.6 Å². The van der Waals surface area contributed by atoms with Crippen LogP contribution in [0.4, 0.5) is 0 Å². The molecule has 0 aromatic carbocycles. The third-order valence-electron chi connectivity index (χ3n) is 1.90. The van der Waals surface area contributed by atoms with Crippen LogP contribution >= 0.6 is 0 Å². The second kappa shape index (κ2) is 10.2. The van der Waals surface area contributed by atoms with Gasteiger partial charge >= 0.3 is 16.8 Å². The average molecular weight is 261 g/mol. The van der Waals surface area contributed by atoms with Crippen molar-refractivity contribution in [3.8, 4) is 0 Å². The Bertz CT molecular complexity index is 111. The van der Waals surface area contributed by atoms with Crippen molar-refractivity contribution in [3.63, 3.8) is 0 Å². The smallest absolute Gasteiger partial charge is 0.664 e. The number of hydrogen-bond acceptors (Lipinski definition) is 1. The van der Waals surface area contributed by atoms with Gasteiger partial charge in [0.05, 0.1) is 0 Å². The summed E-state index contributed by atoms with van der Waals surface area (Å²) >= 11 is 0. The molecule has 0 bridgehead atoms. The number of rotatable bonds is 6. The molecule has 0 rings (SSSR count). The van der Waals surface area contributed by atoms with Crippen molar-refractivity contribution in [1.82, 2.24) is 4.90 Å². The summed E-state index contributed by atoms with van der Waals surface area (Å²) in [5.74, 6) is 0. The Morgan fingerprint density at radius 3 is 1.79 bits per heavy atom. The number of likely N-dealkylation sites (N-methyl/N-ethyl adjacent to an activating group) is 1. The van der Waals surface area contributed by atoms with Crippen LogP contribution in [-0.4, -0.2) is 39.3 Å². The molecule has 14 heavy (non-hydrogen) atoms. The van der Waals surface area contributed by atoms with E-state index in [1.807, 2.05) is 0 Å². The van der Waals surface area contributed by atoms with Gasteiger partial charge < -0.3 is 17.3 Å². The van der Waals surface area contributed by atoms with Crippen LogP contribution in [0.5, 0.6) is 0 Å². The first-order valence-corrected chi connectivity index (χ1v) is 8.35. The van der Waals surface area contributed by atoms with Crippen LogP contribution in [0.1, 0.15) is 13.8 Å². The second-order valence-corrected chi connectivity index (χ2v) is 8.74. The Morgan fingerprint density at radius 2 is 1.50 bits per heavy atom. The molecular weight excluding hydrogens is 235 g/mol. The van der Waals surface area contributed by atoms with E-state index in [-0.39, 0.29) is 24.2 Å². The van der Waals surface area contributed by atoms with Crippen LogP contribution in [0.15, 0.2) is 0 Å². The van der Waals surface area contributed by atoms with Crippen molar-refractivity contribution in [3.05, 3.63) is 12.4 Å². The van der Waals surface area contributed by atoms with Crippen molar-refractivity contribution in [2.75, 3.05) is 26.2 Å². The molecule has 0 N–H and O–H groups in total. The van der Waals surface area contributed by atoms with E-state index in [1.165, 1.54) is 0 Å². The Hall–Kier alpha value is 0.643. The number of nitrogens with zero attached hydrogens (tertiary/aromatic N) is 2. The minimum Gasteiger partial charge on any atom is -0.664 e. The Morgan fingerprint density at radius 1 is 1.07 bits per heavy atom. The zero-order valence-electron chi connectivity index (χ0n) is 10.6. The molecule has 0 unspecified atom stereocenters. The van der Waals surface area contributed by atoms with E-state index in [2.05, 4.69) is 43.4 Å². The summed E-state index contributed by atoms with van der Waals surface area (Å²) in [5.41, 5.74) is 0. The van der Waals surface area contributed by atoms with Gasteiger partial charge in [0.2, 0.25) is 0 Å². The Labute approximate surface area is 102 Å². The largest absolute Gasteiger partial charge is 3.00 e. The molecular formula is C10H26CoN2Si+. The molecule has 0 aliphatic heterocycles. The summed E-state index contributed by atoms with van der Waals surface area (Å²) in [6, 6.07) is 0. The third kappa shape index (κ3) is 12.6. The van der Waals surface area contributed by atoms with Gasteiger partial charge in [-0.3, -0.25) is 0 Å². The fourth-order valence-corrected chi connectivity index (χ4v) is 1.84. The van der Waals surface area contributed by atoms with Gasteiger partial charge in [-0.25, -0.2) is 0 Å². The minimum absolute atomic E-state index is 0. The summed E-state index contributed by atoms with van der Waals surface area (Å²) in [6.07, 6.45) is 0. The third-order valence-corrected chi connectivity index (χ3v) is 3.07. The van der Waals surface area contributed by atoms with Crippen molar-refractivity contribution >= 4 is 8.24 Å². The molecule has 0 saturated heterocycles. The van der Waals surface area contributed by atoms with Crippen LogP contribution in [0.25, 0.3) is 4.98 Å². The molecule has 0 saturated carbocycles. The molecule has 0 aromatic rings. The van der Waals surface area contributed by atoms with Crippen molar-refractivity contribution in [2.24, 2.45) is 0 Å². The quantitative estimate of drug-likeness (QED) is 0.531. The standard InChI is InChI=1S/C9H23N2Si.CH3.Co/c1-6-11(7-2)9-8-10-12(3,4)5;;/h6-9H2,1-5H3;1H3;/q2*-1;+3. The van der Waals surface area contributed by atoms with E-state index < -0.39 is 8.24 Å². The molecule has 0 fully saturated rings. The Kier molecular flexibility index (Phi) is 14.6. The van der Waals surface area contributed by atoms with Crippen LogP contribution < -0.4 is 0 Å². The first-order chi connectivity index (χ1) is 5.49. The normalized spacial score (nSPS) is 10.7. The summed E-state index contributed by atoms with van der Waals surface area (Å²) in [5, 5.41) is 0. The van der Waals surface area contributed by atoms with E-state index in [0.29, 0.717) is 0 Å². The van der Waals surface area contributed by atoms with Gasteiger partial charge in [0.1, 0.15) is 0 Å². The molecule has 2 nitrogen and oxygen atoms in total. The van der Waals surface area contributed by atoms with Gasteiger partial charge in [-0.15, -0.1) is 6.54 Å². The summed E-state index contributed by atoms with van der Waals surface area (Å²) in [4.78, 5) is 7.11. The molecule has 0 aromatic heterocycles. The predicted molar refractivity (Wildman–Crippen MR) is 65.8 cm³/mol. The second-order valence-electron chi connectivity index (χ2n) is 4.08. The predicted octanol–water partition coefficient (Wildman–Crippen LogP) is 2.98. The van der Waals surface area contributed by atoms with Gasteiger partial charge in [0.25, 0.3) is 0 Å². The fraction of sp³-hybridized carbons (Fsp3) is 0.900. The van der Waals surface area contributed by atoms with E-state index in [1.54, 1.807) is 0 Å². The SMILES string of the molecule is CCN(CC)CC[N-][Si](C)(C)C.[CH3-].[Co+3]. The monoisotopic (exact) mass is 261 g/mol. The van der Waals surface area contributed by atoms with Crippen LogP contribution in [0, 0.1) is 7.43 Å². The molecule has 0 radical (unpaired) electrons. The maximum absolute atomic E-state index is 4.69. The van der Waals surface area contributed by atoms with E-state index in [0.717, 1.165) is 26.2 Å². The minimum atomic E-state index is -1.15. The molecule has 0 heterocycles. The number of hydrogen-bond donors (Lipinski definition) is 0. The van der Waals surface area contributed by atoms with Crippen molar-refractivity contribution in [2.45, 2.75) is 33.5 Å². The average Bonchev–Trinajstić information content (AvgIpc) is 1.96. The molecule has 0 aliphatic rings. The summed E-state index contributed by atoms with van der Waals surface area (Å²) < 4.78 is 0. The molecule has 4 heteroatoms. The maximum Gasteiger partial charge on any atom is 3.00 e. The maximum atomic E-state index is 4.69. The van der Waals surface area contributed by atoms with Crippen LogP contribution in [0.2, 0.25) is 19.6 Å². The molecule has 0 amide bonds. The summed E-state index contributed by atoms with van der Waals surface area (Å²) in [7, 11) is -1.15. The topological polar surface area (TPSA) is 17.3 Å². The molecule has 88 valence electrons. The van der Waals surface area contributed by atoms with Crippen LogP contribution in [0.3, 0.4) is 0 Å². The fourth-order valence-electron chi connectivity index (χ4n) is 1.07. The van der Waals surface area contributed by atoms with Gasteiger partial charge in [-0.1, -0.05) is 41.7 Å². The van der Waals surface area contributed by atoms with Crippen molar-refractivity contribution in [1.29, 1.82) is 0 Å². The van der Waals surface area contributed by atoms with E-state index in [4.69, 9.17) is 0 Å². The Balaban J connectivity index is -0.000000605. The first kappa shape index (κ1) is 20.1. The zero-order chi connectivity index (χ0) is 9.61. The first-order valence-electron chi connectivity index (χ1n) is 4.90. The van der Waals surface area contributed by atoms with Crippen molar-refractivity contribution < 1.29 is 16.8 Å². The van der Waals surface area contributed by atoms with E-state index >= 15 is 0 Å². The van der Waals surface area contributed by atoms with Gasteiger partial charge in [-0.2, -0.15) is 0 Å².